The monoisotopic (exact) mass is 485 g/mol. The van der Waals surface area contributed by atoms with Crippen molar-refractivity contribution in [1.29, 1.82) is 5.26 Å². The molecule has 4 rings (SSSR count). The second kappa shape index (κ2) is 11.2. The summed E-state index contributed by atoms with van der Waals surface area (Å²) in [5.74, 6) is 0.122. The van der Waals surface area contributed by atoms with Gasteiger partial charge in [0.2, 0.25) is 6.41 Å². The first-order chi connectivity index (χ1) is 17.1. The highest BCUT2D eigenvalue weighted by molar-refractivity contribution is 6.33. The van der Waals surface area contributed by atoms with Gasteiger partial charge in [-0.25, -0.2) is 9.37 Å². The quantitative estimate of drug-likeness (QED) is 0.311. The number of aromatic nitrogens is 2. The van der Waals surface area contributed by atoms with E-state index in [1.165, 1.54) is 17.0 Å². The summed E-state index contributed by atoms with van der Waals surface area (Å²) in [6.45, 7) is 0.700. The normalized spacial score (nSPS) is 10.4. The Morgan fingerprint density at radius 3 is 2.66 bits per heavy atom. The molecule has 0 radical (unpaired) electrons. The van der Waals surface area contributed by atoms with Crippen molar-refractivity contribution in [2.24, 2.45) is 0 Å². The van der Waals surface area contributed by atoms with Gasteiger partial charge in [-0.05, 0) is 47.9 Å². The van der Waals surface area contributed by atoms with Crippen LogP contribution in [-0.2, 0) is 17.8 Å². The number of pyridine rings is 2. The van der Waals surface area contributed by atoms with Crippen molar-refractivity contribution in [3.63, 3.8) is 0 Å². The predicted octanol–water partition coefficient (Wildman–Crippen LogP) is 5.63. The van der Waals surface area contributed by atoms with Gasteiger partial charge in [-0.3, -0.25) is 9.78 Å². The molecule has 1 amide bonds. The number of carbonyl (C=O) groups is 1. The summed E-state index contributed by atoms with van der Waals surface area (Å²) in [5, 5.41) is 13.1. The molecule has 0 atom stereocenters. The molecule has 4 aromatic rings. The van der Waals surface area contributed by atoms with Gasteiger partial charge in [0.1, 0.15) is 5.82 Å². The van der Waals surface area contributed by atoms with Crippen LogP contribution in [0.1, 0.15) is 16.7 Å². The van der Waals surface area contributed by atoms with Gasteiger partial charge >= 0.3 is 0 Å². The first kappa shape index (κ1) is 23.9. The lowest BCUT2D eigenvalue weighted by atomic mass is 10.0. The molecule has 174 valence electrons. The number of nitrogens with one attached hydrogen (secondary N) is 1. The van der Waals surface area contributed by atoms with Crippen molar-refractivity contribution in [2.75, 3.05) is 16.8 Å². The molecule has 0 aliphatic rings. The molecular formula is C27H21ClFN5O. The van der Waals surface area contributed by atoms with Crippen molar-refractivity contribution >= 4 is 29.5 Å². The number of nitrogens with zero attached hydrogens (tertiary/aromatic N) is 4. The molecule has 0 unspecified atom stereocenters. The summed E-state index contributed by atoms with van der Waals surface area (Å²) in [4.78, 5) is 22.4. The largest absolute Gasteiger partial charge is 0.368 e. The molecule has 2 heterocycles. The average molecular weight is 486 g/mol. The minimum Gasteiger partial charge on any atom is -0.368 e. The number of carbonyl (C=O) groups excluding carboxylic acids is 1. The fourth-order valence-corrected chi connectivity index (χ4v) is 3.94. The van der Waals surface area contributed by atoms with E-state index in [1.54, 1.807) is 54.9 Å². The summed E-state index contributed by atoms with van der Waals surface area (Å²) < 4.78 is 13.6. The van der Waals surface area contributed by atoms with Gasteiger partial charge in [-0.2, -0.15) is 5.26 Å². The number of nitriles is 1. The molecule has 1 N–H and O–H groups in total. The molecule has 0 bridgehead atoms. The molecule has 8 heteroatoms. The van der Waals surface area contributed by atoms with Crippen LogP contribution in [0.2, 0.25) is 5.02 Å². The number of benzene rings is 2. The zero-order chi connectivity index (χ0) is 24.6. The van der Waals surface area contributed by atoms with Crippen LogP contribution in [0.5, 0.6) is 0 Å². The minimum atomic E-state index is -0.299. The van der Waals surface area contributed by atoms with E-state index >= 15 is 0 Å². The zero-order valence-corrected chi connectivity index (χ0v) is 19.4. The second-order valence-corrected chi connectivity index (χ2v) is 8.15. The van der Waals surface area contributed by atoms with Crippen molar-refractivity contribution in [2.45, 2.75) is 13.0 Å². The fraction of sp³-hybridized carbons (Fsp3) is 0.111. The number of halogens is 2. The molecule has 0 saturated heterocycles. The molecule has 6 nitrogen and oxygen atoms in total. The van der Waals surface area contributed by atoms with Gasteiger partial charge in [0.15, 0.2) is 5.82 Å². The van der Waals surface area contributed by atoms with Crippen LogP contribution in [0.3, 0.4) is 0 Å². The Labute approximate surface area is 207 Å². The van der Waals surface area contributed by atoms with Gasteiger partial charge in [0, 0.05) is 24.5 Å². The van der Waals surface area contributed by atoms with E-state index in [0.29, 0.717) is 52.7 Å². The van der Waals surface area contributed by atoms with Crippen molar-refractivity contribution in [1.82, 2.24) is 9.97 Å². The summed E-state index contributed by atoms with van der Waals surface area (Å²) in [5.41, 5.74) is 3.58. The highest BCUT2D eigenvalue weighted by Gasteiger charge is 2.19. The molecule has 2 aromatic carbocycles. The van der Waals surface area contributed by atoms with Gasteiger partial charge < -0.3 is 10.2 Å². The number of anilines is 2. The van der Waals surface area contributed by atoms with Crippen molar-refractivity contribution in [3.05, 3.63) is 107 Å². The Hall–Kier alpha value is -4.28. The smallest absolute Gasteiger partial charge is 0.214 e. The Bertz CT molecular complexity index is 1370. The maximum absolute atomic E-state index is 13.6. The number of hydrogen-bond donors (Lipinski definition) is 1. The Morgan fingerprint density at radius 1 is 1.09 bits per heavy atom. The molecule has 0 aliphatic carbocycles. The van der Waals surface area contributed by atoms with Gasteiger partial charge in [-0.15, -0.1) is 0 Å². The van der Waals surface area contributed by atoms with Gasteiger partial charge in [0.05, 0.1) is 34.6 Å². The van der Waals surface area contributed by atoms with Crippen LogP contribution in [-0.4, -0.2) is 22.9 Å². The predicted molar refractivity (Wildman–Crippen MR) is 134 cm³/mol. The summed E-state index contributed by atoms with van der Waals surface area (Å²) in [6.07, 6.45) is 4.59. The van der Waals surface area contributed by atoms with E-state index in [9.17, 15) is 14.4 Å². The average Bonchev–Trinajstić information content (AvgIpc) is 2.88. The van der Waals surface area contributed by atoms with Crippen LogP contribution in [0.15, 0.2) is 79.1 Å². The Balaban J connectivity index is 1.71. The molecule has 2 aromatic heterocycles. The first-order valence-corrected chi connectivity index (χ1v) is 11.3. The Morgan fingerprint density at radius 2 is 1.91 bits per heavy atom. The Kier molecular flexibility index (Phi) is 7.66. The lowest BCUT2D eigenvalue weighted by Gasteiger charge is -2.22. The third kappa shape index (κ3) is 5.81. The van der Waals surface area contributed by atoms with E-state index in [1.807, 2.05) is 12.1 Å². The van der Waals surface area contributed by atoms with Crippen LogP contribution in [0, 0.1) is 17.1 Å². The molecule has 0 aliphatic heterocycles. The topological polar surface area (TPSA) is 81.9 Å². The van der Waals surface area contributed by atoms with Gasteiger partial charge in [0.25, 0.3) is 0 Å². The third-order valence-corrected chi connectivity index (χ3v) is 5.65. The SMILES string of the molecule is N#Cc1ccccc1-c1nc(NCCc2cccc(F)c2)c(N(C=O)Cc2cccnc2)cc1Cl. The standard InChI is InChI=1S/C27H21ClFN5O/c28-24-14-25(34(18-35)17-20-6-4-11-31-16-20)27(32-12-10-19-5-3-8-22(29)13-19)33-26(24)23-9-2-1-7-21(23)15-30/h1-9,11,13-14,16,18H,10,12,17H2,(H,32,33). The maximum atomic E-state index is 13.6. The number of amides is 1. The lowest BCUT2D eigenvalue weighted by molar-refractivity contribution is -0.107. The van der Waals surface area contributed by atoms with Crippen LogP contribution >= 0.6 is 11.6 Å². The minimum absolute atomic E-state index is 0.266. The fourth-order valence-electron chi connectivity index (χ4n) is 3.69. The van der Waals surface area contributed by atoms with Gasteiger partial charge in [-0.1, -0.05) is 48.0 Å². The number of rotatable bonds is 9. The highest BCUT2D eigenvalue weighted by atomic mass is 35.5. The maximum Gasteiger partial charge on any atom is 0.214 e. The number of hydrogen-bond acceptors (Lipinski definition) is 5. The van der Waals surface area contributed by atoms with E-state index in [2.05, 4.69) is 16.4 Å². The zero-order valence-electron chi connectivity index (χ0n) is 18.7. The summed E-state index contributed by atoms with van der Waals surface area (Å²) in [7, 11) is 0. The van der Waals surface area contributed by atoms with Crippen LogP contribution in [0.25, 0.3) is 11.3 Å². The van der Waals surface area contributed by atoms with E-state index in [-0.39, 0.29) is 12.4 Å². The molecule has 0 spiro atoms. The molecular weight excluding hydrogens is 465 g/mol. The molecule has 35 heavy (non-hydrogen) atoms. The van der Waals surface area contributed by atoms with E-state index in [0.717, 1.165) is 11.1 Å². The summed E-state index contributed by atoms with van der Waals surface area (Å²) in [6, 6.07) is 20.9. The van der Waals surface area contributed by atoms with Crippen LogP contribution in [0.4, 0.5) is 15.9 Å². The lowest BCUT2D eigenvalue weighted by Crippen LogP contribution is -2.23. The van der Waals surface area contributed by atoms with Crippen molar-refractivity contribution < 1.29 is 9.18 Å². The summed E-state index contributed by atoms with van der Waals surface area (Å²) >= 11 is 6.62. The first-order valence-electron chi connectivity index (χ1n) is 10.9. The van der Waals surface area contributed by atoms with Crippen LogP contribution < -0.4 is 10.2 Å². The molecule has 0 saturated carbocycles. The molecule has 0 fully saturated rings. The van der Waals surface area contributed by atoms with E-state index in [4.69, 9.17) is 16.6 Å². The third-order valence-electron chi connectivity index (χ3n) is 5.37. The van der Waals surface area contributed by atoms with E-state index < -0.39 is 0 Å². The second-order valence-electron chi connectivity index (χ2n) is 7.75. The van der Waals surface area contributed by atoms with Crippen molar-refractivity contribution in [3.8, 4) is 17.3 Å². The highest BCUT2D eigenvalue weighted by Crippen LogP contribution is 2.36.